The average Bonchev–Trinajstić information content (AvgIpc) is 2.68. The second-order valence-corrected chi connectivity index (χ2v) is 4.54. The third-order valence-corrected chi connectivity index (χ3v) is 2.98. The first-order chi connectivity index (χ1) is 9.58. The lowest BCUT2D eigenvalue weighted by atomic mass is 10.1. The standard InChI is InChI=1S/C12H10F6N2O/c13-11(14,15)6-20-9(21)5-19-10(20)7-1-3-8(4-2-7)12(16,17)18/h1-4,10,19H,5-6H2. The summed E-state index contributed by atoms with van der Waals surface area (Å²) in [5.41, 5.74) is -0.740. The van der Waals surface area contributed by atoms with E-state index in [1.165, 1.54) is 0 Å². The Hall–Kier alpha value is -1.77. The Labute approximate surface area is 115 Å². The molecular formula is C12H10F6N2O. The SMILES string of the molecule is O=C1CNC(c2ccc(C(F)(F)F)cc2)N1CC(F)(F)F. The van der Waals surface area contributed by atoms with Crippen LogP contribution in [0.4, 0.5) is 26.3 Å². The third kappa shape index (κ3) is 3.66. The van der Waals surface area contributed by atoms with Gasteiger partial charge in [-0.25, -0.2) is 0 Å². The molecule has 0 radical (unpaired) electrons. The van der Waals surface area contributed by atoms with E-state index in [2.05, 4.69) is 5.32 Å². The van der Waals surface area contributed by atoms with Crippen molar-refractivity contribution in [2.45, 2.75) is 18.5 Å². The van der Waals surface area contributed by atoms with E-state index in [0.717, 1.165) is 24.3 Å². The fraction of sp³-hybridized carbons (Fsp3) is 0.417. The van der Waals surface area contributed by atoms with Gasteiger partial charge in [0.05, 0.1) is 12.1 Å². The van der Waals surface area contributed by atoms with Gasteiger partial charge in [0, 0.05) is 0 Å². The summed E-state index contributed by atoms with van der Waals surface area (Å²) in [6.07, 6.45) is -10.2. The number of hydrogen-bond acceptors (Lipinski definition) is 2. The number of halogens is 6. The van der Waals surface area contributed by atoms with Crippen LogP contribution in [-0.4, -0.2) is 30.1 Å². The van der Waals surface area contributed by atoms with E-state index in [-0.39, 0.29) is 12.1 Å². The predicted molar refractivity (Wildman–Crippen MR) is 60.0 cm³/mol. The average molecular weight is 312 g/mol. The van der Waals surface area contributed by atoms with E-state index >= 15 is 0 Å². The molecule has 116 valence electrons. The molecule has 0 saturated carbocycles. The van der Waals surface area contributed by atoms with Gasteiger partial charge >= 0.3 is 12.4 Å². The van der Waals surface area contributed by atoms with Crippen LogP contribution in [0.1, 0.15) is 17.3 Å². The molecule has 0 aromatic heterocycles. The second kappa shape index (κ2) is 5.21. The van der Waals surface area contributed by atoms with E-state index in [4.69, 9.17) is 0 Å². The Bertz CT molecular complexity index is 522. The van der Waals surface area contributed by atoms with E-state index in [9.17, 15) is 31.1 Å². The quantitative estimate of drug-likeness (QED) is 0.852. The number of carbonyl (C=O) groups is 1. The number of alkyl halides is 6. The van der Waals surface area contributed by atoms with Gasteiger partial charge in [-0.05, 0) is 17.7 Å². The maximum absolute atomic E-state index is 12.4. The van der Waals surface area contributed by atoms with Gasteiger partial charge in [-0.2, -0.15) is 26.3 Å². The number of rotatable bonds is 2. The fourth-order valence-electron chi connectivity index (χ4n) is 2.06. The number of nitrogens with zero attached hydrogens (tertiary/aromatic N) is 1. The van der Waals surface area contributed by atoms with Crippen LogP contribution >= 0.6 is 0 Å². The lowest BCUT2D eigenvalue weighted by molar-refractivity contribution is -0.161. The molecule has 1 unspecified atom stereocenters. The molecule has 3 nitrogen and oxygen atoms in total. The molecule has 9 heteroatoms. The van der Waals surface area contributed by atoms with Crippen LogP contribution < -0.4 is 5.32 Å². The Balaban J connectivity index is 2.22. The smallest absolute Gasteiger partial charge is 0.313 e. The normalized spacial score (nSPS) is 20.2. The molecule has 1 aromatic rings. The molecule has 2 rings (SSSR count). The van der Waals surface area contributed by atoms with Crippen molar-refractivity contribution in [1.29, 1.82) is 0 Å². The lowest BCUT2D eigenvalue weighted by Crippen LogP contribution is -2.38. The van der Waals surface area contributed by atoms with Crippen LogP contribution in [-0.2, 0) is 11.0 Å². The van der Waals surface area contributed by atoms with Gasteiger partial charge in [0.15, 0.2) is 0 Å². The number of carbonyl (C=O) groups excluding carboxylic acids is 1. The van der Waals surface area contributed by atoms with Gasteiger partial charge in [-0.1, -0.05) is 12.1 Å². The first-order valence-electron chi connectivity index (χ1n) is 5.85. The van der Waals surface area contributed by atoms with Gasteiger partial charge in [0.2, 0.25) is 5.91 Å². The van der Waals surface area contributed by atoms with Crippen LogP contribution in [0.2, 0.25) is 0 Å². The van der Waals surface area contributed by atoms with Crippen LogP contribution in [0.25, 0.3) is 0 Å². The first-order valence-corrected chi connectivity index (χ1v) is 5.85. The fourth-order valence-corrected chi connectivity index (χ4v) is 2.06. The Morgan fingerprint density at radius 2 is 1.67 bits per heavy atom. The summed E-state index contributed by atoms with van der Waals surface area (Å²) in [4.78, 5) is 12.0. The van der Waals surface area contributed by atoms with Crippen LogP contribution in [0, 0.1) is 0 Å². The van der Waals surface area contributed by atoms with Crippen molar-refractivity contribution in [2.75, 3.05) is 13.1 Å². The highest BCUT2D eigenvalue weighted by atomic mass is 19.4. The van der Waals surface area contributed by atoms with Gasteiger partial charge in [-0.3, -0.25) is 10.1 Å². The molecule has 1 aliphatic rings. The van der Waals surface area contributed by atoms with E-state index in [1.807, 2.05) is 0 Å². The maximum Gasteiger partial charge on any atom is 0.416 e. The summed E-state index contributed by atoms with van der Waals surface area (Å²) in [7, 11) is 0. The monoisotopic (exact) mass is 312 g/mol. The first kappa shape index (κ1) is 15.6. The van der Waals surface area contributed by atoms with Crippen molar-refractivity contribution in [2.24, 2.45) is 0 Å². The molecule has 1 aromatic carbocycles. The Morgan fingerprint density at radius 3 is 2.14 bits per heavy atom. The van der Waals surface area contributed by atoms with Crippen molar-refractivity contribution in [1.82, 2.24) is 10.2 Å². The minimum Gasteiger partial charge on any atom is -0.313 e. The predicted octanol–water partition coefficient (Wildman–Crippen LogP) is 2.70. The van der Waals surface area contributed by atoms with E-state index < -0.39 is 36.5 Å². The summed E-state index contributed by atoms with van der Waals surface area (Å²) in [5.74, 6) is -0.753. The zero-order valence-corrected chi connectivity index (χ0v) is 10.4. The van der Waals surface area contributed by atoms with E-state index in [0.29, 0.717) is 4.90 Å². The number of benzene rings is 1. The molecule has 1 atom stereocenters. The number of amides is 1. The molecule has 1 saturated heterocycles. The van der Waals surface area contributed by atoms with Crippen molar-refractivity contribution in [3.05, 3.63) is 35.4 Å². The Morgan fingerprint density at radius 1 is 1.10 bits per heavy atom. The zero-order valence-electron chi connectivity index (χ0n) is 10.4. The van der Waals surface area contributed by atoms with Crippen molar-refractivity contribution in [3.8, 4) is 0 Å². The molecule has 0 aliphatic carbocycles. The van der Waals surface area contributed by atoms with Crippen LogP contribution in [0.15, 0.2) is 24.3 Å². The summed E-state index contributed by atoms with van der Waals surface area (Å²) >= 11 is 0. The molecule has 1 heterocycles. The maximum atomic E-state index is 12.4. The third-order valence-electron chi connectivity index (χ3n) is 2.98. The van der Waals surface area contributed by atoms with Crippen LogP contribution in [0.3, 0.4) is 0 Å². The molecule has 1 N–H and O–H groups in total. The van der Waals surface area contributed by atoms with Gasteiger partial charge in [0.1, 0.15) is 12.7 Å². The van der Waals surface area contributed by atoms with Gasteiger partial charge in [-0.15, -0.1) is 0 Å². The molecule has 1 aliphatic heterocycles. The largest absolute Gasteiger partial charge is 0.416 e. The highest BCUT2D eigenvalue weighted by molar-refractivity contribution is 5.81. The van der Waals surface area contributed by atoms with Crippen molar-refractivity contribution >= 4 is 5.91 Å². The molecule has 0 bridgehead atoms. The summed E-state index contributed by atoms with van der Waals surface area (Å²) in [5, 5.41) is 2.55. The van der Waals surface area contributed by atoms with Crippen molar-refractivity contribution in [3.63, 3.8) is 0 Å². The number of hydrogen-bond donors (Lipinski definition) is 1. The minimum atomic E-state index is -4.58. The Kier molecular flexibility index (Phi) is 3.87. The second-order valence-electron chi connectivity index (χ2n) is 4.54. The highest BCUT2D eigenvalue weighted by Crippen LogP contribution is 2.32. The van der Waals surface area contributed by atoms with Crippen LogP contribution in [0.5, 0.6) is 0 Å². The number of nitrogens with one attached hydrogen (secondary N) is 1. The minimum absolute atomic E-state index is 0.165. The molecule has 0 spiro atoms. The summed E-state index contributed by atoms with van der Waals surface area (Å²) in [6.45, 7) is -1.74. The van der Waals surface area contributed by atoms with Crippen molar-refractivity contribution < 1.29 is 31.1 Å². The zero-order chi connectivity index (χ0) is 15.8. The summed E-state index contributed by atoms with van der Waals surface area (Å²) < 4.78 is 74.5. The highest BCUT2D eigenvalue weighted by Gasteiger charge is 2.40. The van der Waals surface area contributed by atoms with Gasteiger partial charge in [0.25, 0.3) is 0 Å². The molecule has 21 heavy (non-hydrogen) atoms. The topological polar surface area (TPSA) is 32.3 Å². The van der Waals surface area contributed by atoms with E-state index in [1.54, 1.807) is 0 Å². The molecule has 1 fully saturated rings. The van der Waals surface area contributed by atoms with Gasteiger partial charge < -0.3 is 4.90 Å². The molecule has 1 amide bonds. The lowest BCUT2D eigenvalue weighted by Gasteiger charge is -2.25. The summed E-state index contributed by atoms with van der Waals surface area (Å²) in [6, 6.07) is 3.65. The molecular weight excluding hydrogens is 302 g/mol.